The highest BCUT2D eigenvalue weighted by Gasteiger charge is 2.37. The highest BCUT2D eigenvalue weighted by molar-refractivity contribution is 5.86. The first-order valence-corrected chi connectivity index (χ1v) is 7.10. The van der Waals surface area contributed by atoms with Crippen molar-refractivity contribution < 1.29 is 9.53 Å². The van der Waals surface area contributed by atoms with Crippen molar-refractivity contribution in [2.75, 3.05) is 7.11 Å². The highest BCUT2D eigenvalue weighted by atomic mass is 16.5. The molecule has 0 radical (unpaired) electrons. The Labute approximate surface area is 119 Å². The Kier molecular flexibility index (Phi) is 4.60. The number of nitrogens with two attached hydrogens (primary N) is 1. The minimum atomic E-state index is -0.729. The van der Waals surface area contributed by atoms with Crippen molar-refractivity contribution in [3.8, 4) is 5.88 Å². The number of rotatable bonds is 4. The van der Waals surface area contributed by atoms with Crippen molar-refractivity contribution >= 4 is 5.91 Å². The third-order valence-electron chi connectivity index (χ3n) is 3.97. The second-order valence-electron chi connectivity index (χ2n) is 5.71. The predicted octanol–water partition coefficient (Wildman–Crippen LogP) is 1.61. The molecule has 20 heavy (non-hydrogen) atoms. The standard InChI is InChI=1S/C15H23N3O2/c1-11-5-3-7-15(16,9-11)14(19)18-10-12-6-4-8-17-13(12)20-2/h4,6,8,11H,3,5,7,9-10,16H2,1-2H3,(H,18,19). The maximum atomic E-state index is 12.3. The van der Waals surface area contributed by atoms with E-state index in [0.29, 0.717) is 18.3 Å². The van der Waals surface area contributed by atoms with Gasteiger partial charge in [-0.15, -0.1) is 0 Å². The van der Waals surface area contributed by atoms with Gasteiger partial charge in [-0.1, -0.05) is 25.8 Å². The second-order valence-corrected chi connectivity index (χ2v) is 5.71. The minimum Gasteiger partial charge on any atom is -0.481 e. The Hall–Kier alpha value is -1.62. The summed E-state index contributed by atoms with van der Waals surface area (Å²) in [5.41, 5.74) is 6.40. The lowest BCUT2D eigenvalue weighted by Crippen LogP contribution is -2.56. The molecule has 1 fully saturated rings. The number of nitrogens with zero attached hydrogens (tertiary/aromatic N) is 1. The number of hydrogen-bond donors (Lipinski definition) is 2. The summed E-state index contributed by atoms with van der Waals surface area (Å²) in [5.74, 6) is 0.971. The fourth-order valence-corrected chi connectivity index (χ4v) is 2.89. The molecule has 2 atom stereocenters. The number of nitrogens with one attached hydrogen (secondary N) is 1. The smallest absolute Gasteiger partial charge is 0.240 e. The van der Waals surface area contributed by atoms with Gasteiger partial charge in [-0.05, 0) is 24.8 Å². The molecule has 1 saturated carbocycles. The summed E-state index contributed by atoms with van der Waals surface area (Å²) < 4.78 is 5.17. The quantitative estimate of drug-likeness (QED) is 0.876. The molecule has 1 heterocycles. The van der Waals surface area contributed by atoms with Crippen molar-refractivity contribution in [3.05, 3.63) is 23.9 Å². The molecule has 0 spiro atoms. The van der Waals surface area contributed by atoms with Crippen LogP contribution in [0.3, 0.4) is 0 Å². The molecule has 5 heteroatoms. The molecule has 2 rings (SSSR count). The number of pyridine rings is 1. The van der Waals surface area contributed by atoms with Crippen LogP contribution in [0.2, 0.25) is 0 Å². The number of carbonyl (C=O) groups excluding carboxylic acids is 1. The molecule has 1 aliphatic carbocycles. The first kappa shape index (κ1) is 14.8. The van der Waals surface area contributed by atoms with E-state index in [9.17, 15) is 4.79 Å². The van der Waals surface area contributed by atoms with Crippen molar-refractivity contribution in [2.45, 2.75) is 44.7 Å². The molecular weight excluding hydrogens is 254 g/mol. The Morgan fingerprint density at radius 1 is 1.65 bits per heavy atom. The minimum absolute atomic E-state index is 0.0741. The van der Waals surface area contributed by atoms with Crippen LogP contribution >= 0.6 is 0 Å². The summed E-state index contributed by atoms with van der Waals surface area (Å²) in [7, 11) is 1.57. The van der Waals surface area contributed by atoms with E-state index < -0.39 is 5.54 Å². The molecule has 3 N–H and O–H groups in total. The molecule has 0 aromatic carbocycles. The average molecular weight is 277 g/mol. The van der Waals surface area contributed by atoms with Gasteiger partial charge in [-0.2, -0.15) is 0 Å². The molecule has 5 nitrogen and oxygen atoms in total. The zero-order valence-electron chi connectivity index (χ0n) is 12.2. The fraction of sp³-hybridized carbons (Fsp3) is 0.600. The molecule has 1 aliphatic rings. The Morgan fingerprint density at radius 3 is 3.15 bits per heavy atom. The van der Waals surface area contributed by atoms with Crippen LogP contribution in [-0.4, -0.2) is 23.5 Å². The summed E-state index contributed by atoms with van der Waals surface area (Å²) in [6, 6.07) is 3.71. The Bertz CT molecular complexity index is 478. The highest BCUT2D eigenvalue weighted by Crippen LogP contribution is 2.30. The SMILES string of the molecule is COc1ncccc1CNC(=O)C1(N)CCCC(C)C1. The topological polar surface area (TPSA) is 77.2 Å². The second kappa shape index (κ2) is 6.22. The van der Waals surface area contributed by atoms with Crippen LogP contribution in [0.5, 0.6) is 5.88 Å². The third kappa shape index (κ3) is 3.28. The number of hydrogen-bond acceptors (Lipinski definition) is 4. The average Bonchev–Trinajstić information content (AvgIpc) is 2.44. The fourth-order valence-electron chi connectivity index (χ4n) is 2.89. The van der Waals surface area contributed by atoms with Crippen LogP contribution in [-0.2, 0) is 11.3 Å². The Balaban J connectivity index is 1.98. The van der Waals surface area contributed by atoms with Gasteiger partial charge in [-0.25, -0.2) is 4.98 Å². The number of aromatic nitrogens is 1. The van der Waals surface area contributed by atoms with E-state index >= 15 is 0 Å². The van der Waals surface area contributed by atoms with Crippen LogP contribution < -0.4 is 15.8 Å². The maximum Gasteiger partial charge on any atom is 0.240 e. The summed E-state index contributed by atoms with van der Waals surface area (Å²) in [5, 5.41) is 2.92. The molecular formula is C15H23N3O2. The molecule has 1 aromatic rings. The maximum absolute atomic E-state index is 12.3. The molecule has 1 amide bonds. The van der Waals surface area contributed by atoms with E-state index in [-0.39, 0.29) is 5.91 Å². The van der Waals surface area contributed by atoms with Gasteiger partial charge in [0, 0.05) is 18.3 Å². The zero-order valence-corrected chi connectivity index (χ0v) is 12.2. The van der Waals surface area contributed by atoms with Crippen LogP contribution in [0.1, 0.15) is 38.2 Å². The Morgan fingerprint density at radius 2 is 2.45 bits per heavy atom. The lowest BCUT2D eigenvalue weighted by Gasteiger charge is -2.35. The number of ether oxygens (including phenoxy) is 1. The summed E-state index contributed by atoms with van der Waals surface area (Å²) in [6.07, 6.45) is 5.34. The van der Waals surface area contributed by atoms with Crippen molar-refractivity contribution in [2.24, 2.45) is 11.7 Å². The van der Waals surface area contributed by atoms with E-state index in [1.807, 2.05) is 12.1 Å². The largest absolute Gasteiger partial charge is 0.481 e. The van der Waals surface area contributed by atoms with Gasteiger partial charge in [0.25, 0.3) is 0 Å². The lowest BCUT2D eigenvalue weighted by molar-refractivity contribution is -0.128. The predicted molar refractivity (Wildman–Crippen MR) is 77.2 cm³/mol. The molecule has 0 bridgehead atoms. The molecule has 0 saturated heterocycles. The van der Waals surface area contributed by atoms with Crippen LogP contribution in [0.25, 0.3) is 0 Å². The monoisotopic (exact) mass is 277 g/mol. The van der Waals surface area contributed by atoms with E-state index in [1.54, 1.807) is 13.3 Å². The summed E-state index contributed by atoms with van der Waals surface area (Å²) in [6.45, 7) is 2.54. The van der Waals surface area contributed by atoms with Crippen LogP contribution in [0.15, 0.2) is 18.3 Å². The van der Waals surface area contributed by atoms with Gasteiger partial charge in [0.2, 0.25) is 11.8 Å². The number of methoxy groups -OCH3 is 1. The van der Waals surface area contributed by atoms with E-state index in [1.165, 1.54) is 0 Å². The van der Waals surface area contributed by atoms with Gasteiger partial charge >= 0.3 is 0 Å². The van der Waals surface area contributed by atoms with Gasteiger partial charge in [0.1, 0.15) is 0 Å². The molecule has 110 valence electrons. The van der Waals surface area contributed by atoms with E-state index in [4.69, 9.17) is 10.5 Å². The number of amides is 1. The first-order chi connectivity index (χ1) is 9.55. The molecule has 0 aliphatic heterocycles. The van der Waals surface area contributed by atoms with Crippen molar-refractivity contribution in [1.82, 2.24) is 10.3 Å². The summed E-state index contributed by atoms with van der Waals surface area (Å²) in [4.78, 5) is 16.5. The zero-order chi connectivity index (χ0) is 14.6. The normalized spacial score (nSPS) is 26.1. The van der Waals surface area contributed by atoms with E-state index in [0.717, 1.165) is 31.2 Å². The van der Waals surface area contributed by atoms with Gasteiger partial charge < -0.3 is 15.8 Å². The van der Waals surface area contributed by atoms with Crippen LogP contribution in [0, 0.1) is 5.92 Å². The molecule has 1 aromatic heterocycles. The van der Waals surface area contributed by atoms with Crippen LogP contribution in [0.4, 0.5) is 0 Å². The van der Waals surface area contributed by atoms with E-state index in [2.05, 4.69) is 17.2 Å². The first-order valence-electron chi connectivity index (χ1n) is 7.10. The molecule has 2 unspecified atom stereocenters. The number of carbonyl (C=O) groups is 1. The summed E-state index contributed by atoms with van der Waals surface area (Å²) >= 11 is 0. The van der Waals surface area contributed by atoms with Gasteiger partial charge in [0.05, 0.1) is 12.6 Å². The van der Waals surface area contributed by atoms with Crippen molar-refractivity contribution in [3.63, 3.8) is 0 Å². The van der Waals surface area contributed by atoms with Crippen molar-refractivity contribution in [1.29, 1.82) is 0 Å². The van der Waals surface area contributed by atoms with Gasteiger partial charge in [0.15, 0.2) is 0 Å². The van der Waals surface area contributed by atoms with Gasteiger partial charge in [-0.3, -0.25) is 4.79 Å². The lowest BCUT2D eigenvalue weighted by atomic mass is 9.76. The third-order valence-corrected chi connectivity index (χ3v) is 3.97.